The molecule has 2 atom stereocenters. The zero-order valence-electron chi connectivity index (χ0n) is 25.3. The molecule has 0 amide bonds. The van der Waals surface area contributed by atoms with Crippen LogP contribution in [0.1, 0.15) is 18.9 Å². The molecule has 7 heteroatoms. The predicted molar refractivity (Wildman–Crippen MR) is 175 cm³/mol. The van der Waals surface area contributed by atoms with E-state index in [1.165, 1.54) is 6.07 Å². The molecule has 0 radical (unpaired) electrons. The number of rotatable bonds is 10. The van der Waals surface area contributed by atoms with Crippen molar-refractivity contribution in [3.63, 3.8) is 0 Å². The first-order valence-electron chi connectivity index (χ1n) is 15.5. The molecule has 2 unspecified atom stereocenters. The van der Waals surface area contributed by atoms with Crippen LogP contribution in [0, 0.1) is 23.5 Å². The topological polar surface area (TPSA) is 53.4 Å². The van der Waals surface area contributed by atoms with Crippen LogP contribution in [-0.2, 0) is 16.1 Å². The van der Waals surface area contributed by atoms with Gasteiger partial charge < -0.3 is 9.47 Å². The van der Waals surface area contributed by atoms with Crippen LogP contribution >= 0.6 is 0 Å². The van der Waals surface area contributed by atoms with Gasteiger partial charge in [-0.3, -0.25) is 9.36 Å². The summed E-state index contributed by atoms with van der Waals surface area (Å²) in [6.07, 6.45) is 0.659. The molecular weight excluding hydrogens is 582 g/mol. The Kier molecular flexibility index (Phi) is 8.06. The van der Waals surface area contributed by atoms with Crippen molar-refractivity contribution in [3.8, 4) is 39.4 Å². The van der Waals surface area contributed by atoms with E-state index in [4.69, 9.17) is 9.47 Å². The van der Waals surface area contributed by atoms with E-state index in [1.807, 2.05) is 97.1 Å². The molecule has 0 spiro atoms. The number of halogens is 2. The first kappa shape index (κ1) is 29.4. The summed E-state index contributed by atoms with van der Waals surface area (Å²) in [7, 11) is 0. The van der Waals surface area contributed by atoms with Crippen LogP contribution in [0.4, 0.5) is 8.78 Å². The Bertz CT molecular complexity index is 1990. The lowest BCUT2D eigenvalue weighted by Gasteiger charge is -2.12. The Hall–Kier alpha value is -5.30. The van der Waals surface area contributed by atoms with Crippen molar-refractivity contribution in [2.24, 2.45) is 11.8 Å². The molecule has 6 aromatic rings. The summed E-state index contributed by atoms with van der Waals surface area (Å²) in [4.78, 5) is 16.7. The normalized spacial score (nSPS) is 15.5. The number of carbonyl (C=O) groups is 1. The summed E-state index contributed by atoms with van der Waals surface area (Å²) in [5, 5.41) is 0. The first-order valence-corrected chi connectivity index (χ1v) is 15.5. The number of ether oxygens (including phenoxy) is 2. The van der Waals surface area contributed by atoms with Gasteiger partial charge in [0, 0.05) is 12.0 Å². The molecule has 1 aromatic heterocycles. The van der Waals surface area contributed by atoms with E-state index in [0.717, 1.165) is 27.8 Å². The molecule has 5 aromatic carbocycles. The molecule has 0 bridgehead atoms. The standard InChI is InChI=1S/C39H32F2N2O3/c1-2-45-38(44)32-21-31(32)24-46-39-42-37-34(43(39)23-25-13-15-28(16-14-25)26-9-5-3-6-10-26)22-33(40)35(36(37)41)30-19-17-29(18-20-30)27-11-7-4-8-12-27/h3-20,22,31-32H,2,21,23-24H2,1H3. The minimum Gasteiger partial charge on any atom is -0.466 e. The average Bonchev–Trinajstić information content (AvgIpc) is 3.80. The van der Waals surface area contributed by atoms with E-state index in [2.05, 4.69) is 4.98 Å². The molecule has 7 rings (SSSR count). The zero-order valence-corrected chi connectivity index (χ0v) is 25.3. The fraction of sp³-hybridized carbons (Fsp3) is 0.179. The third-order valence-electron chi connectivity index (χ3n) is 8.52. The second kappa shape index (κ2) is 12.6. The van der Waals surface area contributed by atoms with Gasteiger partial charge in [-0.25, -0.2) is 8.78 Å². The van der Waals surface area contributed by atoms with Crippen LogP contribution in [-0.4, -0.2) is 28.7 Å². The largest absolute Gasteiger partial charge is 0.466 e. The minimum absolute atomic E-state index is 0.0160. The highest BCUT2D eigenvalue weighted by Crippen LogP contribution is 2.41. The summed E-state index contributed by atoms with van der Waals surface area (Å²) in [6.45, 7) is 2.61. The van der Waals surface area contributed by atoms with E-state index in [0.29, 0.717) is 24.1 Å². The van der Waals surface area contributed by atoms with E-state index < -0.39 is 11.6 Å². The Labute approximate surface area is 266 Å². The van der Waals surface area contributed by atoms with Crippen LogP contribution in [0.3, 0.4) is 0 Å². The number of aromatic nitrogens is 2. The maximum Gasteiger partial charge on any atom is 0.309 e. The molecule has 46 heavy (non-hydrogen) atoms. The second-order valence-electron chi connectivity index (χ2n) is 11.6. The second-order valence-corrected chi connectivity index (χ2v) is 11.6. The smallest absolute Gasteiger partial charge is 0.309 e. The van der Waals surface area contributed by atoms with Crippen molar-refractivity contribution in [1.82, 2.24) is 9.55 Å². The maximum atomic E-state index is 16.2. The number of benzene rings is 5. The van der Waals surface area contributed by atoms with Crippen molar-refractivity contribution >= 4 is 17.0 Å². The van der Waals surface area contributed by atoms with Crippen LogP contribution in [0.15, 0.2) is 115 Å². The van der Waals surface area contributed by atoms with E-state index >= 15 is 8.78 Å². The van der Waals surface area contributed by atoms with Crippen molar-refractivity contribution in [2.45, 2.75) is 19.9 Å². The van der Waals surface area contributed by atoms with Crippen LogP contribution in [0.5, 0.6) is 6.01 Å². The first-order chi connectivity index (χ1) is 22.5. The molecule has 5 nitrogen and oxygen atoms in total. The highest BCUT2D eigenvalue weighted by atomic mass is 19.1. The summed E-state index contributed by atoms with van der Waals surface area (Å²) < 4.78 is 45.0. The minimum atomic E-state index is -0.749. The molecule has 1 aliphatic carbocycles. The fourth-order valence-electron chi connectivity index (χ4n) is 5.92. The summed E-state index contributed by atoms with van der Waals surface area (Å²) in [6, 6.07) is 36.6. The van der Waals surface area contributed by atoms with Gasteiger partial charge in [0.1, 0.15) is 11.3 Å². The van der Waals surface area contributed by atoms with Gasteiger partial charge >= 0.3 is 5.97 Å². The highest BCUT2D eigenvalue weighted by Gasteiger charge is 2.45. The van der Waals surface area contributed by atoms with Crippen molar-refractivity contribution < 1.29 is 23.0 Å². The average molecular weight is 615 g/mol. The number of carbonyl (C=O) groups excluding carboxylic acids is 1. The predicted octanol–water partition coefficient (Wildman–Crippen LogP) is 8.94. The third-order valence-corrected chi connectivity index (χ3v) is 8.52. The molecule has 230 valence electrons. The van der Waals surface area contributed by atoms with E-state index in [-0.39, 0.29) is 48.0 Å². The monoisotopic (exact) mass is 614 g/mol. The summed E-state index contributed by atoms with van der Waals surface area (Å²) in [5.74, 6) is -1.91. The van der Waals surface area contributed by atoms with E-state index in [1.54, 1.807) is 23.6 Å². The van der Waals surface area contributed by atoms with Gasteiger partial charge in [-0.1, -0.05) is 109 Å². The number of hydrogen-bond donors (Lipinski definition) is 0. The Balaban J connectivity index is 1.22. The molecule has 0 saturated heterocycles. The zero-order chi connectivity index (χ0) is 31.6. The molecule has 0 aliphatic heterocycles. The van der Waals surface area contributed by atoms with Gasteiger partial charge in [0.2, 0.25) is 0 Å². The Morgan fingerprint density at radius 3 is 1.98 bits per heavy atom. The lowest BCUT2D eigenvalue weighted by molar-refractivity contribution is -0.145. The molecular formula is C39H32F2N2O3. The lowest BCUT2D eigenvalue weighted by Crippen LogP contribution is -2.12. The molecule has 1 fully saturated rings. The Morgan fingerprint density at radius 2 is 1.37 bits per heavy atom. The number of hydrogen-bond acceptors (Lipinski definition) is 4. The fourth-order valence-corrected chi connectivity index (χ4v) is 5.92. The van der Waals surface area contributed by atoms with Gasteiger partial charge in [0.15, 0.2) is 5.82 Å². The van der Waals surface area contributed by atoms with Crippen molar-refractivity contribution in [3.05, 3.63) is 132 Å². The lowest BCUT2D eigenvalue weighted by atomic mass is 9.99. The van der Waals surface area contributed by atoms with Gasteiger partial charge in [0.05, 0.1) is 36.8 Å². The quantitative estimate of drug-likeness (QED) is 0.145. The number of imidazole rings is 1. The van der Waals surface area contributed by atoms with Crippen molar-refractivity contribution in [2.75, 3.05) is 13.2 Å². The van der Waals surface area contributed by atoms with Crippen LogP contribution in [0.2, 0.25) is 0 Å². The Morgan fingerprint density at radius 1 is 0.804 bits per heavy atom. The third kappa shape index (κ3) is 5.88. The maximum absolute atomic E-state index is 16.2. The van der Waals surface area contributed by atoms with Gasteiger partial charge in [-0.05, 0) is 46.7 Å². The highest BCUT2D eigenvalue weighted by molar-refractivity contribution is 5.85. The van der Waals surface area contributed by atoms with Crippen LogP contribution < -0.4 is 4.74 Å². The molecule has 1 saturated carbocycles. The molecule has 1 aliphatic rings. The summed E-state index contributed by atoms with van der Waals surface area (Å²) in [5.41, 5.74) is 5.64. The molecule has 1 heterocycles. The number of fused-ring (bicyclic) bond motifs is 1. The number of nitrogens with zero attached hydrogens (tertiary/aromatic N) is 2. The van der Waals surface area contributed by atoms with Gasteiger partial charge in [0.25, 0.3) is 6.01 Å². The van der Waals surface area contributed by atoms with Crippen LogP contribution in [0.25, 0.3) is 44.4 Å². The van der Waals surface area contributed by atoms with Crippen molar-refractivity contribution in [1.29, 1.82) is 0 Å². The molecule has 0 N–H and O–H groups in total. The SMILES string of the molecule is CCOC(=O)C1CC1COc1nc2c(F)c(-c3ccc(-c4ccccc4)cc3)c(F)cc2n1Cc1ccc(-c2ccccc2)cc1. The van der Waals surface area contributed by atoms with E-state index in [9.17, 15) is 4.79 Å². The number of esters is 1. The summed E-state index contributed by atoms with van der Waals surface area (Å²) >= 11 is 0. The van der Waals surface area contributed by atoms with Gasteiger partial charge in [-0.2, -0.15) is 4.98 Å². The van der Waals surface area contributed by atoms with Gasteiger partial charge in [-0.15, -0.1) is 0 Å².